The van der Waals surface area contributed by atoms with Crippen molar-refractivity contribution in [2.75, 3.05) is 13.1 Å². The molecule has 17 heavy (non-hydrogen) atoms. The summed E-state index contributed by atoms with van der Waals surface area (Å²) in [5.74, 6) is -0.189. The molecule has 0 unspecified atom stereocenters. The number of nitrogens with zero attached hydrogens (tertiary/aromatic N) is 2. The van der Waals surface area contributed by atoms with Crippen molar-refractivity contribution in [3.05, 3.63) is 38.3 Å². The Bertz CT molecular complexity index is 444. The first-order chi connectivity index (χ1) is 8.01. The lowest BCUT2D eigenvalue weighted by atomic mass is 10.1. The van der Waals surface area contributed by atoms with Gasteiger partial charge in [-0.1, -0.05) is 0 Å². The number of hydrogen-bond donors (Lipinski definition) is 0. The second kappa shape index (κ2) is 5.77. The molecule has 0 saturated heterocycles. The van der Waals surface area contributed by atoms with Crippen LogP contribution in [0.1, 0.15) is 24.2 Å². The number of nitro benzene ring substituents is 1. The van der Waals surface area contributed by atoms with Crippen molar-refractivity contribution in [1.82, 2.24) is 4.90 Å². The van der Waals surface area contributed by atoms with Gasteiger partial charge in [0.25, 0.3) is 11.6 Å². The van der Waals surface area contributed by atoms with E-state index in [1.165, 1.54) is 12.1 Å². The summed E-state index contributed by atoms with van der Waals surface area (Å²) in [5, 5.41) is 10.8. The summed E-state index contributed by atoms with van der Waals surface area (Å²) in [6.07, 6.45) is 0. The van der Waals surface area contributed by atoms with Crippen LogP contribution in [0.3, 0.4) is 0 Å². The number of carbonyl (C=O) groups is 1. The van der Waals surface area contributed by atoms with Crippen LogP contribution in [0.5, 0.6) is 0 Å². The summed E-state index contributed by atoms with van der Waals surface area (Å²) in [7, 11) is 0. The fourth-order valence-corrected chi connectivity index (χ4v) is 1.87. The predicted molar refractivity (Wildman–Crippen MR) is 68.0 cm³/mol. The average Bonchev–Trinajstić information content (AvgIpc) is 2.30. The zero-order chi connectivity index (χ0) is 13.0. The summed E-state index contributed by atoms with van der Waals surface area (Å²) < 4.78 is 0.374. The monoisotopic (exact) mass is 300 g/mol. The molecule has 6 heteroatoms. The molecule has 1 amide bonds. The molecule has 0 N–H and O–H groups in total. The fraction of sp³-hybridized carbons (Fsp3) is 0.364. The number of nitro groups is 1. The molecule has 0 saturated carbocycles. The van der Waals surface area contributed by atoms with Crippen LogP contribution < -0.4 is 0 Å². The Morgan fingerprint density at radius 1 is 1.41 bits per heavy atom. The maximum absolute atomic E-state index is 12.0. The van der Waals surface area contributed by atoms with Crippen LogP contribution in [0, 0.1) is 10.1 Å². The summed E-state index contributed by atoms with van der Waals surface area (Å²) in [5.41, 5.74) is 0.242. The first kappa shape index (κ1) is 13.6. The van der Waals surface area contributed by atoms with Crippen molar-refractivity contribution in [1.29, 1.82) is 0 Å². The number of benzene rings is 1. The van der Waals surface area contributed by atoms with Gasteiger partial charge in [-0.15, -0.1) is 0 Å². The van der Waals surface area contributed by atoms with E-state index in [2.05, 4.69) is 15.9 Å². The van der Waals surface area contributed by atoms with E-state index in [0.717, 1.165) is 0 Å². The zero-order valence-corrected chi connectivity index (χ0v) is 11.2. The molecule has 0 spiro atoms. The Morgan fingerprint density at radius 2 is 2.00 bits per heavy atom. The van der Waals surface area contributed by atoms with Gasteiger partial charge in [-0.05, 0) is 41.9 Å². The third-order valence-corrected chi connectivity index (χ3v) is 3.11. The van der Waals surface area contributed by atoms with Crippen LogP contribution in [-0.4, -0.2) is 28.8 Å². The molecule has 0 bridgehead atoms. The summed E-state index contributed by atoms with van der Waals surface area (Å²) in [4.78, 5) is 23.8. The third kappa shape index (κ3) is 3.03. The smallest absolute Gasteiger partial charge is 0.284 e. The van der Waals surface area contributed by atoms with Gasteiger partial charge in [-0.3, -0.25) is 14.9 Å². The highest BCUT2D eigenvalue weighted by molar-refractivity contribution is 9.10. The quantitative estimate of drug-likeness (QED) is 0.634. The second-order valence-electron chi connectivity index (χ2n) is 3.40. The maximum atomic E-state index is 12.0. The van der Waals surface area contributed by atoms with E-state index in [0.29, 0.717) is 23.1 Å². The molecule has 92 valence electrons. The van der Waals surface area contributed by atoms with Gasteiger partial charge in [0.15, 0.2) is 0 Å². The normalized spacial score (nSPS) is 10.1. The minimum atomic E-state index is -0.511. The van der Waals surface area contributed by atoms with Crippen LogP contribution in [0.25, 0.3) is 0 Å². The van der Waals surface area contributed by atoms with Gasteiger partial charge in [0.05, 0.1) is 9.40 Å². The van der Waals surface area contributed by atoms with Crippen molar-refractivity contribution in [3.8, 4) is 0 Å². The van der Waals surface area contributed by atoms with E-state index < -0.39 is 4.92 Å². The van der Waals surface area contributed by atoms with E-state index in [4.69, 9.17) is 0 Å². The van der Waals surface area contributed by atoms with Gasteiger partial charge in [-0.25, -0.2) is 0 Å². The molecule has 0 heterocycles. The largest absolute Gasteiger partial charge is 0.339 e. The molecule has 0 fully saturated rings. The van der Waals surface area contributed by atoms with Gasteiger partial charge < -0.3 is 4.90 Å². The molecule has 0 aromatic heterocycles. The second-order valence-corrected chi connectivity index (χ2v) is 4.26. The number of halogens is 1. The van der Waals surface area contributed by atoms with Crippen LogP contribution in [0.2, 0.25) is 0 Å². The van der Waals surface area contributed by atoms with E-state index >= 15 is 0 Å². The van der Waals surface area contributed by atoms with Crippen LogP contribution in [-0.2, 0) is 0 Å². The average molecular weight is 301 g/mol. The summed E-state index contributed by atoms with van der Waals surface area (Å²) in [6.45, 7) is 4.90. The van der Waals surface area contributed by atoms with E-state index in [9.17, 15) is 14.9 Å². The van der Waals surface area contributed by atoms with Gasteiger partial charge in [0, 0.05) is 24.7 Å². The molecule has 1 aromatic rings. The number of amides is 1. The standard InChI is InChI=1S/C11H13BrN2O3/c1-3-13(4-2)11(15)8-5-6-9(12)10(7-8)14(16)17/h5-7H,3-4H2,1-2H3. The molecule has 5 nitrogen and oxygen atoms in total. The molecular formula is C11H13BrN2O3. The first-order valence-corrected chi connectivity index (χ1v) is 6.03. The van der Waals surface area contributed by atoms with Crippen molar-refractivity contribution in [3.63, 3.8) is 0 Å². The highest BCUT2D eigenvalue weighted by Gasteiger charge is 2.18. The lowest BCUT2D eigenvalue weighted by Crippen LogP contribution is -2.30. The van der Waals surface area contributed by atoms with Crippen molar-refractivity contribution < 1.29 is 9.72 Å². The molecule has 1 aromatic carbocycles. The number of hydrogen-bond acceptors (Lipinski definition) is 3. The number of carbonyl (C=O) groups excluding carboxylic acids is 1. The van der Waals surface area contributed by atoms with Crippen molar-refractivity contribution >= 4 is 27.5 Å². The summed E-state index contributed by atoms with van der Waals surface area (Å²) in [6, 6.07) is 4.40. The highest BCUT2D eigenvalue weighted by atomic mass is 79.9. The molecule has 0 radical (unpaired) electrons. The molecule has 0 aliphatic carbocycles. The molecule has 0 aliphatic heterocycles. The lowest BCUT2D eigenvalue weighted by molar-refractivity contribution is -0.385. The topological polar surface area (TPSA) is 63.5 Å². The SMILES string of the molecule is CCN(CC)C(=O)c1ccc(Br)c([N+](=O)[O-])c1. The minimum Gasteiger partial charge on any atom is -0.339 e. The van der Waals surface area contributed by atoms with Gasteiger partial charge in [0.1, 0.15) is 0 Å². The van der Waals surface area contributed by atoms with Crippen molar-refractivity contribution in [2.45, 2.75) is 13.8 Å². The van der Waals surface area contributed by atoms with Gasteiger partial charge in [0.2, 0.25) is 0 Å². The van der Waals surface area contributed by atoms with Crippen LogP contribution in [0.15, 0.2) is 22.7 Å². The minimum absolute atomic E-state index is 0.0944. The predicted octanol–water partition coefficient (Wildman–Crippen LogP) is 2.84. The van der Waals surface area contributed by atoms with Crippen LogP contribution >= 0.6 is 15.9 Å². The molecule has 1 rings (SSSR count). The Hall–Kier alpha value is -1.43. The van der Waals surface area contributed by atoms with E-state index in [1.807, 2.05) is 13.8 Å². The van der Waals surface area contributed by atoms with Crippen molar-refractivity contribution in [2.24, 2.45) is 0 Å². The maximum Gasteiger partial charge on any atom is 0.284 e. The Balaban J connectivity index is 3.11. The van der Waals surface area contributed by atoms with Gasteiger partial charge >= 0.3 is 0 Å². The summed E-state index contributed by atoms with van der Waals surface area (Å²) >= 11 is 3.08. The first-order valence-electron chi connectivity index (χ1n) is 5.24. The number of rotatable bonds is 4. The fourth-order valence-electron chi connectivity index (χ4n) is 1.48. The van der Waals surface area contributed by atoms with E-state index in [-0.39, 0.29) is 11.6 Å². The molecule has 0 aliphatic rings. The van der Waals surface area contributed by atoms with E-state index in [1.54, 1.807) is 11.0 Å². The third-order valence-electron chi connectivity index (χ3n) is 2.44. The van der Waals surface area contributed by atoms with Crippen LogP contribution in [0.4, 0.5) is 5.69 Å². The Morgan fingerprint density at radius 3 is 2.47 bits per heavy atom. The lowest BCUT2D eigenvalue weighted by Gasteiger charge is -2.18. The Labute approximate surface area is 108 Å². The molecule has 0 atom stereocenters. The highest BCUT2D eigenvalue weighted by Crippen LogP contribution is 2.26. The Kier molecular flexibility index (Phi) is 4.62. The molecular weight excluding hydrogens is 288 g/mol. The zero-order valence-electron chi connectivity index (χ0n) is 9.64. The van der Waals surface area contributed by atoms with Gasteiger partial charge in [-0.2, -0.15) is 0 Å².